The Bertz CT molecular complexity index is 458. The van der Waals surface area contributed by atoms with Crippen molar-refractivity contribution in [3.8, 4) is 0 Å². The van der Waals surface area contributed by atoms with E-state index in [1.54, 1.807) is 7.05 Å². The second-order valence-electron chi connectivity index (χ2n) is 5.12. The fraction of sp³-hybridized carbons (Fsp3) is 0.667. The Hall–Kier alpha value is -2.12. The summed E-state index contributed by atoms with van der Waals surface area (Å²) >= 11 is 0. The molecular formula is C12H17N3O5. The molecule has 0 aromatic rings. The third-order valence-corrected chi connectivity index (χ3v) is 3.59. The average molecular weight is 283 g/mol. The van der Waals surface area contributed by atoms with E-state index in [9.17, 15) is 19.2 Å². The molecule has 0 atom stereocenters. The van der Waals surface area contributed by atoms with Crippen molar-refractivity contribution < 1.29 is 24.3 Å². The third-order valence-electron chi connectivity index (χ3n) is 3.59. The number of aliphatic carboxylic acids is 1. The zero-order valence-electron chi connectivity index (χ0n) is 11.2. The van der Waals surface area contributed by atoms with Crippen LogP contribution >= 0.6 is 0 Å². The summed E-state index contributed by atoms with van der Waals surface area (Å²) in [6, 6.07) is -0.336. The van der Waals surface area contributed by atoms with Gasteiger partial charge >= 0.3 is 12.0 Å². The molecule has 2 aliphatic heterocycles. The molecule has 0 aromatic heterocycles. The minimum atomic E-state index is -0.884. The molecule has 0 spiro atoms. The highest BCUT2D eigenvalue weighted by Crippen LogP contribution is 2.17. The van der Waals surface area contributed by atoms with E-state index >= 15 is 0 Å². The van der Waals surface area contributed by atoms with Crippen molar-refractivity contribution in [2.45, 2.75) is 12.8 Å². The molecule has 0 bridgehead atoms. The van der Waals surface area contributed by atoms with Crippen LogP contribution < -0.4 is 0 Å². The number of nitrogens with zero attached hydrogens (tertiary/aromatic N) is 3. The van der Waals surface area contributed by atoms with E-state index < -0.39 is 11.9 Å². The summed E-state index contributed by atoms with van der Waals surface area (Å²) in [7, 11) is 1.55. The Balaban J connectivity index is 1.69. The van der Waals surface area contributed by atoms with Gasteiger partial charge in [-0.05, 0) is 6.42 Å². The highest BCUT2D eigenvalue weighted by atomic mass is 16.4. The Kier molecular flexibility index (Phi) is 3.91. The molecule has 4 amide bonds. The van der Waals surface area contributed by atoms with Crippen molar-refractivity contribution in [3.63, 3.8) is 0 Å². The third kappa shape index (κ3) is 2.73. The first-order valence-corrected chi connectivity index (χ1v) is 6.46. The summed E-state index contributed by atoms with van der Waals surface area (Å²) in [6.45, 7) is 0.806. The Morgan fingerprint density at radius 2 is 1.95 bits per heavy atom. The number of rotatable bonds is 5. The first kappa shape index (κ1) is 14.3. The van der Waals surface area contributed by atoms with Gasteiger partial charge in [-0.1, -0.05) is 0 Å². The van der Waals surface area contributed by atoms with Crippen molar-refractivity contribution in [1.82, 2.24) is 14.7 Å². The zero-order valence-corrected chi connectivity index (χ0v) is 11.2. The lowest BCUT2D eigenvalue weighted by Crippen LogP contribution is -2.53. The van der Waals surface area contributed by atoms with Gasteiger partial charge in [-0.25, -0.2) is 4.79 Å². The van der Waals surface area contributed by atoms with Gasteiger partial charge in [0.25, 0.3) is 0 Å². The van der Waals surface area contributed by atoms with Gasteiger partial charge in [0.15, 0.2) is 0 Å². The molecule has 2 rings (SSSR count). The van der Waals surface area contributed by atoms with Gasteiger partial charge in [-0.15, -0.1) is 0 Å². The van der Waals surface area contributed by atoms with Crippen LogP contribution in [0.1, 0.15) is 12.8 Å². The van der Waals surface area contributed by atoms with Gasteiger partial charge in [0, 0.05) is 33.1 Å². The van der Waals surface area contributed by atoms with E-state index in [-0.39, 0.29) is 50.4 Å². The van der Waals surface area contributed by atoms with Crippen LogP contribution in [0.5, 0.6) is 0 Å². The van der Waals surface area contributed by atoms with Crippen molar-refractivity contribution in [2.75, 3.05) is 33.2 Å². The molecular weight excluding hydrogens is 266 g/mol. The molecule has 0 unspecified atom stereocenters. The molecule has 2 aliphatic rings. The van der Waals surface area contributed by atoms with Gasteiger partial charge < -0.3 is 14.9 Å². The molecule has 2 heterocycles. The van der Waals surface area contributed by atoms with Crippen molar-refractivity contribution in [1.29, 1.82) is 0 Å². The summed E-state index contributed by atoms with van der Waals surface area (Å²) in [5, 5.41) is 8.71. The predicted molar refractivity (Wildman–Crippen MR) is 66.7 cm³/mol. The number of hydrogen-bond acceptors (Lipinski definition) is 4. The molecule has 8 heteroatoms. The standard InChI is InChI=1S/C12H17N3O5/c1-13-7-10(17)15(12(13)20)4-2-3-9(16)14-5-8(6-14)11(18)19/h8H,2-7H2,1H3,(H,18,19). The first-order chi connectivity index (χ1) is 9.40. The largest absolute Gasteiger partial charge is 0.481 e. The van der Waals surface area contributed by atoms with Crippen LogP contribution in [-0.4, -0.2) is 76.8 Å². The van der Waals surface area contributed by atoms with Crippen LogP contribution in [0.3, 0.4) is 0 Å². The van der Waals surface area contributed by atoms with E-state index in [1.807, 2.05) is 0 Å². The van der Waals surface area contributed by atoms with Gasteiger partial charge in [-0.3, -0.25) is 19.3 Å². The molecule has 0 saturated carbocycles. The summed E-state index contributed by atoms with van der Waals surface area (Å²) in [6.07, 6.45) is 0.617. The Morgan fingerprint density at radius 3 is 2.45 bits per heavy atom. The summed E-state index contributed by atoms with van der Waals surface area (Å²) in [5.74, 6) is -1.73. The van der Waals surface area contributed by atoms with Crippen LogP contribution in [0.25, 0.3) is 0 Å². The van der Waals surface area contributed by atoms with Crippen molar-refractivity contribution in [3.05, 3.63) is 0 Å². The van der Waals surface area contributed by atoms with E-state index in [0.717, 1.165) is 4.90 Å². The molecule has 0 aromatic carbocycles. The average Bonchev–Trinajstić information content (AvgIpc) is 2.53. The molecule has 2 saturated heterocycles. The Labute approximate surface area is 115 Å². The van der Waals surface area contributed by atoms with E-state index in [2.05, 4.69) is 0 Å². The maximum atomic E-state index is 11.7. The van der Waals surface area contributed by atoms with E-state index in [1.165, 1.54) is 9.80 Å². The smallest absolute Gasteiger partial charge is 0.326 e. The molecule has 0 radical (unpaired) electrons. The number of imide groups is 1. The second kappa shape index (κ2) is 5.48. The van der Waals surface area contributed by atoms with Gasteiger partial charge in [0.1, 0.15) is 6.54 Å². The molecule has 20 heavy (non-hydrogen) atoms. The number of carboxylic acid groups (broad SMARTS) is 1. The normalized spacial score (nSPS) is 19.6. The molecule has 8 nitrogen and oxygen atoms in total. The second-order valence-corrected chi connectivity index (χ2v) is 5.12. The molecule has 2 fully saturated rings. The van der Waals surface area contributed by atoms with Crippen LogP contribution in [-0.2, 0) is 14.4 Å². The molecule has 110 valence electrons. The number of urea groups is 1. The summed E-state index contributed by atoms with van der Waals surface area (Å²) < 4.78 is 0. The van der Waals surface area contributed by atoms with Crippen LogP contribution in [0.2, 0.25) is 0 Å². The van der Waals surface area contributed by atoms with Crippen molar-refractivity contribution in [2.24, 2.45) is 5.92 Å². The van der Waals surface area contributed by atoms with Crippen LogP contribution in [0.4, 0.5) is 4.79 Å². The van der Waals surface area contributed by atoms with Gasteiger partial charge in [0.2, 0.25) is 11.8 Å². The monoisotopic (exact) mass is 283 g/mol. The topological polar surface area (TPSA) is 98.2 Å². The SMILES string of the molecule is CN1CC(=O)N(CCCC(=O)N2CC(C(=O)O)C2)C1=O. The highest BCUT2D eigenvalue weighted by Gasteiger charge is 2.36. The minimum absolute atomic E-state index is 0.0825. The van der Waals surface area contributed by atoms with Crippen molar-refractivity contribution >= 4 is 23.8 Å². The lowest BCUT2D eigenvalue weighted by atomic mass is 10.00. The number of likely N-dealkylation sites (tertiary alicyclic amines) is 1. The van der Waals surface area contributed by atoms with Gasteiger partial charge in [-0.2, -0.15) is 0 Å². The van der Waals surface area contributed by atoms with Crippen LogP contribution in [0.15, 0.2) is 0 Å². The van der Waals surface area contributed by atoms with Gasteiger partial charge in [0.05, 0.1) is 5.92 Å². The Morgan fingerprint density at radius 1 is 1.30 bits per heavy atom. The fourth-order valence-corrected chi connectivity index (χ4v) is 2.27. The zero-order chi connectivity index (χ0) is 14.9. The lowest BCUT2D eigenvalue weighted by molar-refractivity contribution is -0.152. The van der Waals surface area contributed by atoms with E-state index in [0.29, 0.717) is 6.42 Å². The fourth-order valence-electron chi connectivity index (χ4n) is 2.27. The molecule has 1 N–H and O–H groups in total. The number of carboxylic acids is 1. The van der Waals surface area contributed by atoms with Crippen LogP contribution in [0, 0.1) is 5.92 Å². The predicted octanol–water partition coefficient (Wildman–Crippen LogP) is -0.796. The van der Waals surface area contributed by atoms with E-state index in [4.69, 9.17) is 5.11 Å². The number of hydrogen-bond donors (Lipinski definition) is 1. The lowest BCUT2D eigenvalue weighted by Gasteiger charge is -2.36. The number of likely N-dealkylation sites (N-methyl/N-ethyl adjacent to an activating group) is 1. The number of carbonyl (C=O) groups is 4. The number of carbonyl (C=O) groups excluding carboxylic acids is 3. The maximum absolute atomic E-state index is 11.7. The quantitative estimate of drug-likeness (QED) is 0.666. The summed E-state index contributed by atoms with van der Waals surface area (Å²) in [4.78, 5) is 49.4. The number of amides is 4. The summed E-state index contributed by atoms with van der Waals surface area (Å²) in [5.41, 5.74) is 0. The highest BCUT2D eigenvalue weighted by molar-refractivity contribution is 6.01. The minimum Gasteiger partial charge on any atom is -0.481 e. The maximum Gasteiger partial charge on any atom is 0.326 e. The molecule has 0 aliphatic carbocycles. The first-order valence-electron chi connectivity index (χ1n) is 6.46.